The predicted octanol–water partition coefficient (Wildman–Crippen LogP) is 2.57. The van der Waals surface area contributed by atoms with E-state index in [1.165, 1.54) is 12.8 Å². The molecule has 3 rings (SSSR count). The summed E-state index contributed by atoms with van der Waals surface area (Å²) in [7, 11) is 0. The molecular weight excluding hydrogens is 274 g/mol. The van der Waals surface area contributed by atoms with Crippen molar-refractivity contribution in [3.05, 3.63) is 23.8 Å². The van der Waals surface area contributed by atoms with E-state index in [0.29, 0.717) is 18.3 Å². The standard InChI is InChI=1S/C18H27N3O/c1-13(14-5-3-9-20-12-14)11-18(22)21-10-4-6-15-16(19)7-2-8-17(15)21/h2,7-8,13-14,20H,3-6,9-12,19H2,1H3. The molecule has 0 aromatic heterocycles. The van der Waals surface area contributed by atoms with E-state index in [1.54, 1.807) is 0 Å². The van der Waals surface area contributed by atoms with E-state index in [9.17, 15) is 4.79 Å². The maximum atomic E-state index is 12.8. The lowest BCUT2D eigenvalue weighted by atomic mass is 9.85. The van der Waals surface area contributed by atoms with Crippen molar-refractivity contribution in [1.82, 2.24) is 5.32 Å². The maximum absolute atomic E-state index is 12.8. The van der Waals surface area contributed by atoms with E-state index in [-0.39, 0.29) is 5.91 Å². The summed E-state index contributed by atoms with van der Waals surface area (Å²) in [4.78, 5) is 14.8. The first-order valence-corrected chi connectivity index (χ1v) is 8.55. The van der Waals surface area contributed by atoms with Crippen LogP contribution in [0.1, 0.15) is 38.2 Å². The molecule has 0 saturated carbocycles. The van der Waals surface area contributed by atoms with Crippen molar-refractivity contribution in [2.24, 2.45) is 11.8 Å². The Balaban J connectivity index is 1.69. The highest BCUT2D eigenvalue weighted by Crippen LogP contribution is 2.32. The first kappa shape index (κ1) is 15.3. The van der Waals surface area contributed by atoms with Crippen LogP contribution in [0.25, 0.3) is 0 Å². The number of carbonyl (C=O) groups is 1. The number of amides is 1. The third kappa shape index (κ3) is 3.12. The molecule has 0 spiro atoms. The van der Waals surface area contributed by atoms with Crippen LogP contribution in [0, 0.1) is 11.8 Å². The first-order valence-electron chi connectivity index (χ1n) is 8.55. The van der Waals surface area contributed by atoms with Crippen molar-refractivity contribution < 1.29 is 4.79 Å². The zero-order valence-corrected chi connectivity index (χ0v) is 13.5. The number of nitrogens with one attached hydrogen (secondary N) is 1. The van der Waals surface area contributed by atoms with Crippen LogP contribution in [0.5, 0.6) is 0 Å². The Morgan fingerprint density at radius 3 is 3.09 bits per heavy atom. The Morgan fingerprint density at radius 1 is 1.45 bits per heavy atom. The largest absolute Gasteiger partial charge is 0.398 e. The molecule has 1 saturated heterocycles. The van der Waals surface area contributed by atoms with Gasteiger partial charge in [-0.1, -0.05) is 13.0 Å². The molecule has 120 valence electrons. The summed E-state index contributed by atoms with van der Waals surface area (Å²) in [5.74, 6) is 1.32. The summed E-state index contributed by atoms with van der Waals surface area (Å²) in [6.45, 7) is 5.22. The normalized spacial score (nSPS) is 23.0. The molecule has 2 heterocycles. The van der Waals surface area contributed by atoms with Gasteiger partial charge in [-0.05, 0) is 68.3 Å². The molecule has 2 unspecified atom stereocenters. The number of benzene rings is 1. The van der Waals surface area contributed by atoms with Gasteiger partial charge in [0.2, 0.25) is 5.91 Å². The van der Waals surface area contributed by atoms with Crippen LogP contribution < -0.4 is 16.0 Å². The van der Waals surface area contributed by atoms with Gasteiger partial charge >= 0.3 is 0 Å². The molecule has 1 aromatic carbocycles. The molecule has 0 bridgehead atoms. The lowest BCUT2D eigenvalue weighted by Crippen LogP contribution is -2.39. The molecule has 3 N–H and O–H groups in total. The fourth-order valence-electron chi connectivity index (χ4n) is 3.83. The lowest BCUT2D eigenvalue weighted by Gasteiger charge is -2.33. The second-order valence-corrected chi connectivity index (χ2v) is 6.78. The number of anilines is 2. The van der Waals surface area contributed by atoms with E-state index in [0.717, 1.165) is 49.4 Å². The minimum Gasteiger partial charge on any atom is -0.398 e. The molecule has 0 aliphatic carbocycles. The minimum absolute atomic E-state index is 0.254. The Morgan fingerprint density at radius 2 is 2.32 bits per heavy atom. The van der Waals surface area contributed by atoms with E-state index < -0.39 is 0 Å². The Bertz CT molecular complexity index is 537. The molecule has 1 amide bonds. The average Bonchev–Trinajstić information content (AvgIpc) is 2.55. The summed E-state index contributed by atoms with van der Waals surface area (Å²) in [6, 6.07) is 5.92. The lowest BCUT2D eigenvalue weighted by molar-refractivity contribution is -0.119. The van der Waals surface area contributed by atoms with Gasteiger partial charge in [-0.3, -0.25) is 4.79 Å². The van der Waals surface area contributed by atoms with Gasteiger partial charge in [0, 0.05) is 24.3 Å². The van der Waals surface area contributed by atoms with Gasteiger partial charge in [-0.15, -0.1) is 0 Å². The highest BCUT2D eigenvalue weighted by atomic mass is 16.2. The highest BCUT2D eigenvalue weighted by Gasteiger charge is 2.27. The van der Waals surface area contributed by atoms with Crippen molar-refractivity contribution in [2.45, 2.75) is 39.0 Å². The summed E-state index contributed by atoms with van der Waals surface area (Å²) in [6.07, 6.45) is 5.10. The summed E-state index contributed by atoms with van der Waals surface area (Å²) < 4.78 is 0. The van der Waals surface area contributed by atoms with Crippen LogP contribution in [0.15, 0.2) is 18.2 Å². The summed E-state index contributed by atoms with van der Waals surface area (Å²) in [5, 5.41) is 3.45. The number of carbonyl (C=O) groups excluding carboxylic acids is 1. The second-order valence-electron chi connectivity index (χ2n) is 6.78. The van der Waals surface area contributed by atoms with Crippen LogP contribution >= 0.6 is 0 Å². The van der Waals surface area contributed by atoms with Gasteiger partial charge in [-0.25, -0.2) is 0 Å². The van der Waals surface area contributed by atoms with Gasteiger partial charge in [-0.2, -0.15) is 0 Å². The third-order valence-corrected chi connectivity index (χ3v) is 5.22. The van der Waals surface area contributed by atoms with Crippen molar-refractivity contribution in [2.75, 3.05) is 30.3 Å². The van der Waals surface area contributed by atoms with Gasteiger partial charge in [0.25, 0.3) is 0 Å². The molecule has 2 aliphatic heterocycles. The third-order valence-electron chi connectivity index (χ3n) is 5.22. The molecule has 4 heteroatoms. The average molecular weight is 301 g/mol. The Labute approximate surface area is 133 Å². The molecule has 1 fully saturated rings. The SMILES string of the molecule is CC(CC(=O)N1CCCc2c(N)cccc21)C1CCCNC1. The maximum Gasteiger partial charge on any atom is 0.227 e. The zero-order valence-electron chi connectivity index (χ0n) is 13.5. The number of nitrogens with two attached hydrogens (primary N) is 1. The van der Waals surface area contributed by atoms with Crippen LogP contribution in [0.3, 0.4) is 0 Å². The topological polar surface area (TPSA) is 58.4 Å². The minimum atomic E-state index is 0.254. The fourth-order valence-corrected chi connectivity index (χ4v) is 3.83. The predicted molar refractivity (Wildman–Crippen MR) is 90.9 cm³/mol. The summed E-state index contributed by atoms with van der Waals surface area (Å²) >= 11 is 0. The van der Waals surface area contributed by atoms with Crippen molar-refractivity contribution in [1.29, 1.82) is 0 Å². The second kappa shape index (κ2) is 6.69. The molecule has 0 radical (unpaired) electrons. The monoisotopic (exact) mass is 301 g/mol. The Hall–Kier alpha value is -1.55. The number of rotatable bonds is 3. The highest BCUT2D eigenvalue weighted by molar-refractivity contribution is 5.95. The molecule has 2 aliphatic rings. The number of nitrogens with zero attached hydrogens (tertiary/aromatic N) is 1. The molecular formula is C18H27N3O. The number of nitrogen functional groups attached to an aromatic ring is 1. The molecule has 4 nitrogen and oxygen atoms in total. The van der Waals surface area contributed by atoms with Crippen molar-refractivity contribution in [3.63, 3.8) is 0 Å². The van der Waals surface area contributed by atoms with Gasteiger partial charge < -0.3 is 16.0 Å². The van der Waals surface area contributed by atoms with Crippen LogP contribution in [0.4, 0.5) is 11.4 Å². The Kier molecular flexibility index (Phi) is 4.67. The first-order chi connectivity index (χ1) is 10.7. The van der Waals surface area contributed by atoms with E-state index in [4.69, 9.17) is 5.73 Å². The van der Waals surface area contributed by atoms with Gasteiger partial charge in [0.05, 0.1) is 0 Å². The van der Waals surface area contributed by atoms with Gasteiger partial charge in [0.15, 0.2) is 0 Å². The molecule has 2 atom stereocenters. The van der Waals surface area contributed by atoms with Gasteiger partial charge in [0.1, 0.15) is 0 Å². The molecule has 22 heavy (non-hydrogen) atoms. The van der Waals surface area contributed by atoms with E-state index >= 15 is 0 Å². The quantitative estimate of drug-likeness (QED) is 0.844. The van der Waals surface area contributed by atoms with Crippen LogP contribution in [0.2, 0.25) is 0 Å². The van der Waals surface area contributed by atoms with E-state index in [2.05, 4.69) is 12.2 Å². The zero-order chi connectivity index (χ0) is 15.5. The fraction of sp³-hybridized carbons (Fsp3) is 0.611. The van der Waals surface area contributed by atoms with Crippen LogP contribution in [-0.2, 0) is 11.2 Å². The number of fused-ring (bicyclic) bond motifs is 1. The van der Waals surface area contributed by atoms with E-state index in [1.807, 2.05) is 23.1 Å². The molecule has 1 aromatic rings. The number of piperidine rings is 1. The number of hydrogen-bond acceptors (Lipinski definition) is 3. The smallest absolute Gasteiger partial charge is 0.227 e. The summed E-state index contributed by atoms with van der Waals surface area (Å²) in [5.41, 5.74) is 9.07. The van der Waals surface area contributed by atoms with Crippen molar-refractivity contribution in [3.8, 4) is 0 Å². The van der Waals surface area contributed by atoms with Crippen LogP contribution in [-0.4, -0.2) is 25.5 Å². The van der Waals surface area contributed by atoms with Crippen molar-refractivity contribution >= 4 is 17.3 Å². The number of hydrogen-bond donors (Lipinski definition) is 2.